The first-order valence-electron chi connectivity index (χ1n) is 5.99. The average Bonchev–Trinajstić information content (AvgIpc) is 2.37. The normalized spacial score (nSPS) is 10.5. The topological polar surface area (TPSA) is 49.9 Å². The van der Waals surface area contributed by atoms with E-state index in [0.29, 0.717) is 6.42 Å². The van der Waals surface area contributed by atoms with Crippen molar-refractivity contribution in [2.24, 2.45) is 0 Å². The largest absolute Gasteiger partial charge is 0.321 e. The lowest BCUT2D eigenvalue weighted by molar-refractivity contribution is 0.0980. The van der Waals surface area contributed by atoms with Crippen LogP contribution in [-0.2, 0) is 0 Å². The second kappa shape index (κ2) is 5.00. The van der Waals surface area contributed by atoms with Gasteiger partial charge in [0.2, 0.25) is 0 Å². The first-order valence-corrected chi connectivity index (χ1v) is 5.99. The molecular formula is C15H15NO2. The van der Waals surface area contributed by atoms with Crippen molar-refractivity contribution in [1.82, 2.24) is 4.98 Å². The van der Waals surface area contributed by atoms with Crippen molar-refractivity contribution in [3.63, 3.8) is 0 Å². The molecular weight excluding hydrogens is 226 g/mol. The van der Waals surface area contributed by atoms with E-state index in [1.54, 1.807) is 12.1 Å². The van der Waals surface area contributed by atoms with Crippen LogP contribution in [0.4, 0.5) is 0 Å². The summed E-state index contributed by atoms with van der Waals surface area (Å²) in [4.78, 5) is 26.5. The Morgan fingerprint density at radius 1 is 1.44 bits per heavy atom. The summed E-state index contributed by atoms with van der Waals surface area (Å²) >= 11 is 0. The van der Waals surface area contributed by atoms with Crippen LogP contribution in [0, 0.1) is 0 Å². The number of nitrogens with one attached hydrogen (secondary N) is 1. The molecule has 0 aliphatic carbocycles. The lowest BCUT2D eigenvalue weighted by atomic mass is 10.0. The number of carbonyl (C=O) groups excluding carboxylic acids is 1. The van der Waals surface area contributed by atoms with Crippen molar-refractivity contribution < 1.29 is 4.79 Å². The highest BCUT2D eigenvalue weighted by atomic mass is 16.1. The maximum atomic E-state index is 11.9. The lowest BCUT2D eigenvalue weighted by Gasteiger charge is -2.04. The van der Waals surface area contributed by atoms with E-state index in [-0.39, 0.29) is 16.9 Å². The van der Waals surface area contributed by atoms with Crippen LogP contribution in [-0.4, -0.2) is 10.8 Å². The maximum Gasteiger partial charge on any atom is 0.259 e. The second-order valence-electron chi connectivity index (χ2n) is 4.20. The minimum absolute atomic E-state index is 0.107. The highest BCUT2D eigenvalue weighted by molar-refractivity contribution is 5.99. The number of rotatable bonds is 4. The Hall–Kier alpha value is -2.16. The van der Waals surface area contributed by atoms with Gasteiger partial charge in [0, 0.05) is 6.42 Å². The van der Waals surface area contributed by atoms with Gasteiger partial charge in [-0.05, 0) is 23.4 Å². The molecule has 92 valence electrons. The van der Waals surface area contributed by atoms with Crippen molar-refractivity contribution in [3.8, 4) is 0 Å². The first-order chi connectivity index (χ1) is 8.67. The quantitative estimate of drug-likeness (QED) is 0.836. The predicted molar refractivity (Wildman–Crippen MR) is 73.9 cm³/mol. The molecule has 2 rings (SSSR count). The molecule has 0 radical (unpaired) electrons. The fourth-order valence-corrected chi connectivity index (χ4v) is 1.99. The third-order valence-electron chi connectivity index (χ3n) is 2.91. The molecule has 0 spiro atoms. The minimum atomic E-state index is -0.324. The standard InChI is InChI=1S/C15H15NO2/c1-3-6-13(17)12-9-11-8-5-7-10(4-2)14(11)16-15(12)18/h4-5,7-9H,2-3,6H2,1H3,(H,16,18). The summed E-state index contributed by atoms with van der Waals surface area (Å²) in [5.74, 6) is -0.107. The number of hydrogen-bond acceptors (Lipinski definition) is 2. The molecule has 3 heteroatoms. The molecule has 0 saturated carbocycles. The number of carbonyl (C=O) groups is 1. The van der Waals surface area contributed by atoms with E-state index in [2.05, 4.69) is 11.6 Å². The Labute approximate surface area is 105 Å². The smallest absolute Gasteiger partial charge is 0.259 e. The molecule has 18 heavy (non-hydrogen) atoms. The van der Waals surface area contributed by atoms with Crippen LogP contribution in [0.3, 0.4) is 0 Å². The number of Topliss-reactive ketones (excluding diaryl/α,β-unsaturated/α-hetero) is 1. The summed E-state index contributed by atoms with van der Waals surface area (Å²) in [6.45, 7) is 5.63. The zero-order chi connectivity index (χ0) is 13.1. The van der Waals surface area contributed by atoms with E-state index in [1.807, 2.05) is 25.1 Å². The summed E-state index contributed by atoms with van der Waals surface area (Å²) in [7, 11) is 0. The Kier molecular flexibility index (Phi) is 3.42. The third kappa shape index (κ3) is 2.12. The summed E-state index contributed by atoms with van der Waals surface area (Å²) in [6.07, 6.45) is 2.82. The molecule has 1 heterocycles. The second-order valence-corrected chi connectivity index (χ2v) is 4.20. The molecule has 0 fully saturated rings. The number of benzene rings is 1. The van der Waals surface area contributed by atoms with Gasteiger partial charge in [0.1, 0.15) is 0 Å². The fourth-order valence-electron chi connectivity index (χ4n) is 1.99. The van der Waals surface area contributed by atoms with Crippen molar-refractivity contribution in [2.75, 3.05) is 0 Å². The number of hydrogen-bond donors (Lipinski definition) is 1. The van der Waals surface area contributed by atoms with E-state index in [0.717, 1.165) is 22.9 Å². The van der Waals surface area contributed by atoms with E-state index in [1.165, 1.54) is 0 Å². The monoisotopic (exact) mass is 241 g/mol. The molecule has 0 aliphatic heterocycles. The molecule has 0 unspecified atom stereocenters. The first kappa shape index (κ1) is 12.3. The zero-order valence-corrected chi connectivity index (χ0v) is 10.3. The Morgan fingerprint density at radius 3 is 2.89 bits per heavy atom. The number of H-pyrrole nitrogens is 1. The van der Waals surface area contributed by atoms with Crippen LogP contribution in [0.2, 0.25) is 0 Å². The van der Waals surface area contributed by atoms with Crippen molar-refractivity contribution in [2.45, 2.75) is 19.8 Å². The van der Waals surface area contributed by atoms with Crippen LogP contribution in [0.15, 0.2) is 35.6 Å². The van der Waals surface area contributed by atoms with Crippen LogP contribution >= 0.6 is 0 Å². The predicted octanol–water partition coefficient (Wildman–Crippen LogP) is 3.15. The van der Waals surface area contributed by atoms with Gasteiger partial charge in [0.25, 0.3) is 5.56 Å². The van der Waals surface area contributed by atoms with E-state index >= 15 is 0 Å². The van der Waals surface area contributed by atoms with Gasteiger partial charge in [-0.2, -0.15) is 0 Å². The van der Waals surface area contributed by atoms with Crippen LogP contribution in [0.1, 0.15) is 35.7 Å². The minimum Gasteiger partial charge on any atom is -0.321 e. The van der Waals surface area contributed by atoms with Gasteiger partial charge in [0.15, 0.2) is 5.78 Å². The van der Waals surface area contributed by atoms with Crippen molar-refractivity contribution in [3.05, 3.63) is 52.3 Å². The number of aromatic nitrogens is 1. The number of ketones is 1. The van der Waals surface area contributed by atoms with Crippen molar-refractivity contribution in [1.29, 1.82) is 0 Å². The molecule has 0 amide bonds. The Morgan fingerprint density at radius 2 is 2.22 bits per heavy atom. The highest BCUT2D eigenvalue weighted by Gasteiger charge is 2.11. The van der Waals surface area contributed by atoms with E-state index < -0.39 is 0 Å². The molecule has 1 N–H and O–H groups in total. The SMILES string of the molecule is C=Cc1cccc2cc(C(=O)CCC)c(=O)[nH]c12. The number of pyridine rings is 1. The van der Waals surface area contributed by atoms with Crippen LogP contribution < -0.4 is 5.56 Å². The molecule has 0 saturated heterocycles. The zero-order valence-electron chi connectivity index (χ0n) is 10.3. The summed E-state index contributed by atoms with van der Waals surface area (Å²) in [6, 6.07) is 7.30. The number of para-hydroxylation sites is 1. The van der Waals surface area contributed by atoms with Crippen molar-refractivity contribution >= 4 is 22.8 Å². The van der Waals surface area contributed by atoms with Crippen LogP contribution in [0.5, 0.6) is 0 Å². The van der Waals surface area contributed by atoms with Gasteiger partial charge < -0.3 is 4.98 Å². The fraction of sp³-hybridized carbons (Fsp3) is 0.200. The maximum absolute atomic E-state index is 11.9. The molecule has 1 aromatic heterocycles. The lowest BCUT2D eigenvalue weighted by Crippen LogP contribution is -2.17. The third-order valence-corrected chi connectivity index (χ3v) is 2.91. The molecule has 0 aliphatic rings. The number of aromatic amines is 1. The summed E-state index contributed by atoms with van der Waals surface area (Å²) in [5, 5.41) is 0.853. The molecule has 1 aromatic carbocycles. The molecule has 0 atom stereocenters. The molecule has 3 nitrogen and oxygen atoms in total. The Balaban J connectivity index is 2.67. The van der Waals surface area contributed by atoms with Gasteiger partial charge >= 0.3 is 0 Å². The Bertz CT molecular complexity index is 668. The van der Waals surface area contributed by atoms with Crippen LogP contribution in [0.25, 0.3) is 17.0 Å². The summed E-state index contributed by atoms with van der Waals surface area (Å²) in [5.41, 5.74) is 1.51. The van der Waals surface area contributed by atoms with Gasteiger partial charge in [0.05, 0.1) is 11.1 Å². The summed E-state index contributed by atoms with van der Waals surface area (Å²) < 4.78 is 0. The van der Waals surface area contributed by atoms with E-state index in [9.17, 15) is 9.59 Å². The van der Waals surface area contributed by atoms with Gasteiger partial charge in [-0.15, -0.1) is 0 Å². The van der Waals surface area contributed by atoms with Gasteiger partial charge in [-0.25, -0.2) is 0 Å². The van der Waals surface area contributed by atoms with Gasteiger partial charge in [-0.3, -0.25) is 9.59 Å². The van der Waals surface area contributed by atoms with E-state index in [4.69, 9.17) is 0 Å². The number of fused-ring (bicyclic) bond motifs is 1. The molecule has 0 bridgehead atoms. The van der Waals surface area contributed by atoms with Gasteiger partial charge in [-0.1, -0.05) is 37.8 Å². The highest BCUT2D eigenvalue weighted by Crippen LogP contribution is 2.17. The molecule has 2 aromatic rings. The average molecular weight is 241 g/mol.